The third-order valence-corrected chi connectivity index (χ3v) is 5.18. The molecule has 0 atom stereocenters. The Morgan fingerprint density at radius 2 is 1.33 bits per heavy atom. The number of hydrogen-bond acceptors (Lipinski definition) is 7. The molecule has 0 aliphatic carbocycles. The fourth-order valence-electron chi connectivity index (χ4n) is 2.38. The van der Waals surface area contributed by atoms with Crippen molar-refractivity contribution < 1.29 is 19.1 Å². The Kier molecular flexibility index (Phi) is 11.4. The molecule has 2 amide bonds. The van der Waals surface area contributed by atoms with Crippen molar-refractivity contribution in [3.63, 3.8) is 0 Å². The molecule has 0 aliphatic heterocycles. The first-order chi connectivity index (χ1) is 15.9. The van der Waals surface area contributed by atoms with Crippen LogP contribution in [0.25, 0.3) is 0 Å². The van der Waals surface area contributed by atoms with Gasteiger partial charge in [0, 0.05) is 9.79 Å². The molecule has 0 saturated heterocycles. The van der Waals surface area contributed by atoms with Crippen molar-refractivity contribution in [2.75, 3.05) is 23.8 Å². The van der Waals surface area contributed by atoms with Gasteiger partial charge in [0.15, 0.2) is 10.2 Å². The fourth-order valence-corrected chi connectivity index (χ4v) is 3.64. The molecular formula is C22H26N4O4S3. The van der Waals surface area contributed by atoms with E-state index in [4.69, 9.17) is 33.9 Å². The minimum Gasteiger partial charge on any atom is -0.449 e. The lowest BCUT2D eigenvalue weighted by molar-refractivity contribution is 0.151. The molecule has 2 rings (SSSR count). The number of amides is 2. The van der Waals surface area contributed by atoms with Crippen molar-refractivity contribution in [1.82, 2.24) is 10.6 Å². The van der Waals surface area contributed by atoms with Crippen molar-refractivity contribution in [3.8, 4) is 0 Å². The van der Waals surface area contributed by atoms with Crippen LogP contribution in [0.15, 0.2) is 58.3 Å². The van der Waals surface area contributed by atoms with Gasteiger partial charge in [-0.2, -0.15) is 0 Å². The first kappa shape index (κ1) is 26.4. The Balaban J connectivity index is 2.15. The third kappa shape index (κ3) is 10.1. The van der Waals surface area contributed by atoms with Crippen LogP contribution in [0, 0.1) is 0 Å². The molecular weight excluding hydrogens is 480 g/mol. The molecule has 0 aromatic heterocycles. The van der Waals surface area contributed by atoms with Gasteiger partial charge in [-0.25, -0.2) is 9.59 Å². The fraction of sp³-hybridized carbons (Fsp3) is 0.273. The van der Waals surface area contributed by atoms with Gasteiger partial charge in [0.1, 0.15) is 0 Å². The zero-order chi connectivity index (χ0) is 24.1. The number of alkyl carbamates (subject to hydrolysis) is 2. The number of carbonyl (C=O) groups excluding carboxylic acids is 2. The Morgan fingerprint density at radius 3 is 1.88 bits per heavy atom. The van der Waals surface area contributed by atoms with E-state index in [0.29, 0.717) is 37.4 Å². The molecule has 0 unspecified atom stereocenters. The maximum absolute atomic E-state index is 11.8. The Bertz CT molecular complexity index is 973. The van der Waals surface area contributed by atoms with Crippen LogP contribution in [0.3, 0.4) is 0 Å². The maximum atomic E-state index is 11.8. The molecule has 11 heteroatoms. The molecule has 176 valence electrons. The highest BCUT2D eigenvalue weighted by atomic mass is 32.2. The lowest BCUT2D eigenvalue weighted by atomic mass is 10.2. The molecule has 0 heterocycles. The lowest BCUT2D eigenvalue weighted by Gasteiger charge is -2.17. The summed E-state index contributed by atoms with van der Waals surface area (Å²) in [5.41, 5.74) is 1.09. The van der Waals surface area contributed by atoms with Crippen molar-refractivity contribution >= 4 is 70.0 Å². The topological polar surface area (TPSA) is 101 Å². The molecule has 0 saturated carbocycles. The smallest absolute Gasteiger partial charge is 0.413 e. The molecule has 8 nitrogen and oxygen atoms in total. The van der Waals surface area contributed by atoms with E-state index in [0.717, 1.165) is 9.79 Å². The van der Waals surface area contributed by atoms with Crippen LogP contribution in [-0.2, 0) is 9.47 Å². The number of nitrogens with one attached hydrogen (secondary N) is 4. The second-order valence-electron chi connectivity index (χ2n) is 6.55. The predicted molar refractivity (Wildman–Crippen MR) is 139 cm³/mol. The van der Waals surface area contributed by atoms with Gasteiger partial charge in [0.25, 0.3) is 0 Å². The number of hydrogen-bond donors (Lipinski definition) is 4. The number of anilines is 2. The second kappa shape index (κ2) is 14.3. The first-order valence-electron chi connectivity index (χ1n) is 10.3. The number of ether oxygens (including phenoxy) is 2. The van der Waals surface area contributed by atoms with E-state index in [1.807, 2.05) is 56.3 Å². The van der Waals surface area contributed by atoms with E-state index >= 15 is 0 Å². The van der Waals surface area contributed by atoms with Crippen LogP contribution in [0.5, 0.6) is 0 Å². The molecule has 0 spiro atoms. The quantitative estimate of drug-likeness (QED) is 0.346. The monoisotopic (exact) mass is 506 g/mol. The minimum atomic E-state index is -0.644. The summed E-state index contributed by atoms with van der Waals surface area (Å²) >= 11 is 12.0. The number of thiocarbonyl (C=S) groups is 2. The molecule has 0 fully saturated rings. The van der Waals surface area contributed by atoms with E-state index < -0.39 is 12.2 Å². The molecule has 2 aromatic carbocycles. The highest BCUT2D eigenvalue weighted by Crippen LogP contribution is 2.33. The number of carbonyl (C=O) groups is 2. The highest BCUT2D eigenvalue weighted by molar-refractivity contribution is 7.99. The zero-order valence-corrected chi connectivity index (χ0v) is 20.8. The van der Waals surface area contributed by atoms with Crippen molar-refractivity contribution in [1.29, 1.82) is 0 Å². The molecule has 0 radical (unpaired) electrons. The van der Waals surface area contributed by atoms with Crippen LogP contribution in [0.1, 0.15) is 26.7 Å². The van der Waals surface area contributed by atoms with Crippen molar-refractivity contribution in [2.24, 2.45) is 0 Å². The molecule has 2 aromatic rings. The van der Waals surface area contributed by atoms with E-state index in [1.165, 1.54) is 0 Å². The summed E-state index contributed by atoms with van der Waals surface area (Å²) in [6.07, 6.45) is 0.115. The van der Waals surface area contributed by atoms with Gasteiger partial charge in [-0.1, -0.05) is 43.8 Å². The van der Waals surface area contributed by atoms with Gasteiger partial charge < -0.3 is 20.1 Å². The first-order valence-corrected chi connectivity index (χ1v) is 11.9. The largest absolute Gasteiger partial charge is 0.449 e. The van der Waals surface area contributed by atoms with Gasteiger partial charge >= 0.3 is 12.2 Å². The van der Waals surface area contributed by atoms with Gasteiger partial charge in [0.2, 0.25) is 0 Å². The van der Waals surface area contributed by atoms with E-state index in [-0.39, 0.29) is 10.2 Å². The minimum absolute atomic E-state index is 0.0576. The molecule has 33 heavy (non-hydrogen) atoms. The van der Waals surface area contributed by atoms with Gasteiger partial charge in [-0.3, -0.25) is 10.6 Å². The summed E-state index contributed by atoms with van der Waals surface area (Å²) in [5.74, 6) is 0. The normalized spacial score (nSPS) is 10.0. The Labute approximate surface area is 208 Å². The summed E-state index contributed by atoms with van der Waals surface area (Å²) < 4.78 is 9.97. The van der Waals surface area contributed by atoms with Crippen LogP contribution < -0.4 is 21.3 Å². The third-order valence-electron chi connectivity index (χ3n) is 3.77. The van der Waals surface area contributed by atoms with Crippen molar-refractivity contribution in [2.45, 2.75) is 36.5 Å². The van der Waals surface area contributed by atoms with E-state index in [9.17, 15) is 9.59 Å². The number of rotatable bonds is 8. The summed E-state index contributed by atoms with van der Waals surface area (Å²) in [7, 11) is 0. The highest BCUT2D eigenvalue weighted by Gasteiger charge is 2.12. The maximum Gasteiger partial charge on any atom is 0.413 e. The second-order valence-corrected chi connectivity index (χ2v) is 8.52. The standard InChI is InChI=1S/C22H26N4O4S3/c1-3-12-29-21(27)25-19(31)23-17-11-10-16(33-15-8-6-5-7-9-15)14-18(17)24-20(32)26-22(28)30-13-4-2/h5-11,14H,3-4,12-13H2,1-2H3,(H2,23,25,27,31)(H2,24,26,28,32). The van der Waals surface area contributed by atoms with Gasteiger partial charge in [-0.15, -0.1) is 0 Å². The Morgan fingerprint density at radius 1 is 0.788 bits per heavy atom. The predicted octanol–water partition coefficient (Wildman–Crippen LogP) is 5.50. The zero-order valence-electron chi connectivity index (χ0n) is 18.3. The van der Waals surface area contributed by atoms with Crippen molar-refractivity contribution in [3.05, 3.63) is 48.5 Å². The average molecular weight is 507 g/mol. The van der Waals surface area contributed by atoms with Crippen LogP contribution >= 0.6 is 36.2 Å². The SMILES string of the molecule is CCCOC(=O)NC(=S)Nc1ccc(Sc2ccccc2)cc1NC(=S)NC(=O)OCCC. The summed E-state index contributed by atoms with van der Waals surface area (Å²) in [5, 5.41) is 11.0. The Hall–Kier alpha value is -2.89. The van der Waals surface area contributed by atoms with Crippen LogP contribution in [-0.4, -0.2) is 35.6 Å². The van der Waals surface area contributed by atoms with E-state index in [1.54, 1.807) is 17.8 Å². The van der Waals surface area contributed by atoms with Crippen LogP contribution in [0.2, 0.25) is 0 Å². The number of benzene rings is 2. The molecule has 4 N–H and O–H groups in total. The molecule has 0 aliphatic rings. The summed E-state index contributed by atoms with van der Waals surface area (Å²) in [6.45, 7) is 4.37. The van der Waals surface area contributed by atoms with Gasteiger partial charge in [-0.05, 0) is 67.6 Å². The van der Waals surface area contributed by atoms with Gasteiger partial charge in [0.05, 0.1) is 24.6 Å². The van der Waals surface area contributed by atoms with Crippen LogP contribution in [0.4, 0.5) is 21.0 Å². The summed E-state index contributed by atoms with van der Waals surface area (Å²) in [4.78, 5) is 25.6. The molecule has 0 bridgehead atoms. The lowest BCUT2D eigenvalue weighted by Crippen LogP contribution is -2.36. The average Bonchev–Trinajstić information content (AvgIpc) is 2.78. The van der Waals surface area contributed by atoms with E-state index in [2.05, 4.69) is 21.3 Å². The summed E-state index contributed by atoms with van der Waals surface area (Å²) in [6, 6.07) is 15.4.